The van der Waals surface area contributed by atoms with Gasteiger partial charge in [-0.25, -0.2) is 0 Å². The lowest BCUT2D eigenvalue weighted by molar-refractivity contribution is -0.248. The average molecular weight is 290 g/mol. The van der Waals surface area contributed by atoms with Crippen LogP contribution in [0.1, 0.15) is 46.8 Å². The van der Waals surface area contributed by atoms with Gasteiger partial charge in [0.2, 0.25) is 0 Å². The molecule has 4 N–H and O–H groups in total. The number of hydrogen-bond donors (Lipinski definition) is 4. The standard InChI is InChI=1S/C14H27NO5/c1-2-3-4-5-6-7-8-15-11-13(18)12(17)10(9-16)20-14(11)19/h8,10-14,16-19H,2-7,9H2,1H3/t10-,11-,12-,13-,14?/m1/s1/i1D. The second-order valence-electron chi connectivity index (χ2n) is 5.11. The highest BCUT2D eigenvalue weighted by molar-refractivity contribution is 5.57. The zero-order chi connectivity index (χ0) is 15.7. The summed E-state index contributed by atoms with van der Waals surface area (Å²) in [7, 11) is 0. The molecule has 0 spiro atoms. The van der Waals surface area contributed by atoms with Gasteiger partial charge >= 0.3 is 0 Å². The first kappa shape index (κ1) is 15.9. The maximum Gasteiger partial charge on any atom is 0.180 e. The molecule has 118 valence electrons. The van der Waals surface area contributed by atoms with E-state index in [1.165, 1.54) is 0 Å². The first-order valence-corrected chi connectivity index (χ1v) is 7.23. The lowest BCUT2D eigenvalue weighted by atomic mass is 9.97. The molecular weight excluding hydrogens is 262 g/mol. The molecule has 1 rings (SSSR count). The number of nitrogens with zero attached hydrogens (tertiary/aromatic N) is 1. The molecule has 0 aromatic carbocycles. The second kappa shape index (κ2) is 9.41. The van der Waals surface area contributed by atoms with E-state index < -0.39 is 37.3 Å². The van der Waals surface area contributed by atoms with Crippen LogP contribution >= 0.6 is 0 Å². The molecule has 6 heteroatoms. The van der Waals surface area contributed by atoms with Crippen molar-refractivity contribution >= 4 is 6.21 Å². The van der Waals surface area contributed by atoms with Gasteiger partial charge in [-0.15, -0.1) is 0 Å². The Balaban J connectivity index is 2.28. The summed E-state index contributed by atoms with van der Waals surface area (Å²) in [6, 6.07) is -0.925. The van der Waals surface area contributed by atoms with E-state index in [1.807, 2.05) is 0 Å². The highest BCUT2D eigenvalue weighted by Crippen LogP contribution is 2.22. The molecule has 20 heavy (non-hydrogen) atoms. The molecule has 1 unspecified atom stereocenters. The predicted octanol–water partition coefficient (Wildman–Crippen LogP) is 0.218. The topological polar surface area (TPSA) is 103 Å². The molecule has 0 aromatic rings. The van der Waals surface area contributed by atoms with Crippen molar-refractivity contribution in [2.24, 2.45) is 4.99 Å². The minimum Gasteiger partial charge on any atom is -0.394 e. The van der Waals surface area contributed by atoms with Crippen molar-refractivity contribution in [1.29, 1.82) is 0 Å². The first-order chi connectivity index (χ1) is 10.1. The van der Waals surface area contributed by atoms with Gasteiger partial charge in [0, 0.05) is 1.37 Å². The smallest absolute Gasteiger partial charge is 0.180 e. The summed E-state index contributed by atoms with van der Waals surface area (Å²) in [6.45, 7) is 0.0140. The molecule has 0 saturated carbocycles. The van der Waals surface area contributed by atoms with Crippen LogP contribution in [-0.2, 0) is 4.74 Å². The molecule has 6 nitrogen and oxygen atoms in total. The Hall–Kier alpha value is -0.530. The van der Waals surface area contributed by atoms with Crippen molar-refractivity contribution in [3.8, 4) is 0 Å². The van der Waals surface area contributed by atoms with E-state index in [2.05, 4.69) is 4.99 Å². The van der Waals surface area contributed by atoms with Crippen LogP contribution in [0.2, 0.25) is 0 Å². The molecule has 1 fully saturated rings. The molecule has 1 heterocycles. The third-order valence-electron chi connectivity index (χ3n) is 3.48. The summed E-state index contributed by atoms with van der Waals surface area (Å²) in [6.07, 6.45) is 2.68. The van der Waals surface area contributed by atoms with E-state index in [4.69, 9.17) is 11.2 Å². The van der Waals surface area contributed by atoms with E-state index in [-0.39, 0.29) is 0 Å². The Bertz CT molecular complexity index is 305. The van der Waals surface area contributed by atoms with E-state index >= 15 is 0 Å². The van der Waals surface area contributed by atoms with Crippen LogP contribution in [0.3, 0.4) is 0 Å². The molecule has 0 aliphatic carbocycles. The molecule has 0 radical (unpaired) electrons. The van der Waals surface area contributed by atoms with E-state index in [9.17, 15) is 15.3 Å². The summed E-state index contributed by atoms with van der Waals surface area (Å²) < 4.78 is 12.0. The number of ether oxygens (including phenoxy) is 1. The Kier molecular flexibility index (Phi) is 7.46. The molecule has 0 bridgehead atoms. The fourth-order valence-corrected chi connectivity index (χ4v) is 2.21. The van der Waals surface area contributed by atoms with Crippen LogP contribution in [0.5, 0.6) is 0 Å². The van der Waals surface area contributed by atoms with Gasteiger partial charge in [-0.3, -0.25) is 4.99 Å². The minimum absolute atomic E-state index is 0.468. The van der Waals surface area contributed by atoms with Crippen LogP contribution in [0.4, 0.5) is 0 Å². The van der Waals surface area contributed by atoms with Crippen LogP contribution in [0.25, 0.3) is 0 Å². The number of unbranched alkanes of at least 4 members (excludes halogenated alkanes) is 5. The fraction of sp³-hybridized carbons (Fsp3) is 0.929. The highest BCUT2D eigenvalue weighted by atomic mass is 16.6. The van der Waals surface area contributed by atoms with Gasteiger partial charge in [0.1, 0.15) is 24.4 Å². The number of rotatable bonds is 8. The maximum absolute atomic E-state index is 9.88. The number of hydrogen-bond acceptors (Lipinski definition) is 6. The minimum atomic E-state index is -1.33. The van der Waals surface area contributed by atoms with E-state index in [0.717, 1.165) is 38.5 Å². The zero-order valence-corrected chi connectivity index (χ0v) is 11.8. The normalized spacial score (nSPS) is 35.4. The molecule has 1 aliphatic heterocycles. The Labute approximate surface area is 121 Å². The molecule has 5 atom stereocenters. The van der Waals surface area contributed by atoms with Crippen LogP contribution in [0.15, 0.2) is 4.99 Å². The van der Waals surface area contributed by atoms with Crippen molar-refractivity contribution < 1.29 is 26.5 Å². The summed E-state index contributed by atoms with van der Waals surface area (Å²) in [4.78, 5) is 4.08. The van der Waals surface area contributed by atoms with Gasteiger partial charge in [-0.05, 0) is 19.1 Å². The number of aliphatic hydroxyl groups is 4. The second-order valence-corrected chi connectivity index (χ2v) is 5.11. The van der Waals surface area contributed by atoms with Crippen molar-refractivity contribution in [3.05, 3.63) is 0 Å². The third kappa shape index (κ3) is 5.10. The van der Waals surface area contributed by atoms with Crippen molar-refractivity contribution in [2.75, 3.05) is 6.61 Å². The van der Waals surface area contributed by atoms with Gasteiger partial charge in [0.05, 0.1) is 6.61 Å². The lowest BCUT2D eigenvalue weighted by Gasteiger charge is -2.38. The predicted molar refractivity (Wildman–Crippen MR) is 75.6 cm³/mol. The van der Waals surface area contributed by atoms with Gasteiger partial charge in [-0.2, -0.15) is 0 Å². The summed E-state index contributed by atoms with van der Waals surface area (Å²) in [5.74, 6) is 0. The molecule has 1 aliphatic rings. The Morgan fingerprint density at radius 3 is 2.60 bits per heavy atom. The van der Waals surface area contributed by atoms with Crippen molar-refractivity contribution in [1.82, 2.24) is 0 Å². The van der Waals surface area contributed by atoms with Crippen molar-refractivity contribution in [3.63, 3.8) is 0 Å². The monoisotopic (exact) mass is 290 g/mol. The zero-order valence-electron chi connectivity index (χ0n) is 12.8. The molecule has 0 amide bonds. The quantitative estimate of drug-likeness (QED) is 0.378. The van der Waals surface area contributed by atoms with Crippen LogP contribution in [0, 0.1) is 0 Å². The van der Waals surface area contributed by atoms with Crippen LogP contribution in [-0.4, -0.2) is 63.9 Å². The Morgan fingerprint density at radius 2 is 1.90 bits per heavy atom. The van der Waals surface area contributed by atoms with Gasteiger partial charge in [0.15, 0.2) is 6.29 Å². The van der Waals surface area contributed by atoms with Crippen LogP contribution < -0.4 is 0 Å². The first-order valence-electron chi connectivity index (χ1n) is 7.94. The third-order valence-corrected chi connectivity index (χ3v) is 3.48. The SMILES string of the molecule is [2H]CCCCCCCC=N[C@H]1C(O)O[C@H](CO)[C@@H](O)[C@@H]1O. The van der Waals surface area contributed by atoms with E-state index in [0.29, 0.717) is 6.90 Å². The average Bonchev–Trinajstić information content (AvgIpc) is 2.48. The number of aliphatic hydroxyl groups excluding tert-OH is 4. The van der Waals surface area contributed by atoms with Crippen molar-refractivity contribution in [2.45, 2.75) is 76.1 Å². The maximum atomic E-state index is 9.88. The van der Waals surface area contributed by atoms with Gasteiger partial charge in [0.25, 0.3) is 0 Å². The molecule has 0 aromatic heterocycles. The number of aliphatic imine (C=N–C) groups is 1. The Morgan fingerprint density at radius 1 is 1.15 bits per heavy atom. The molecule has 1 saturated heterocycles. The molecular formula is C14H27NO5. The summed E-state index contributed by atoms with van der Waals surface area (Å²) in [5, 5.41) is 38.3. The highest BCUT2D eigenvalue weighted by Gasteiger charge is 2.43. The van der Waals surface area contributed by atoms with E-state index in [1.54, 1.807) is 6.21 Å². The summed E-state index contributed by atoms with van der Waals surface area (Å²) >= 11 is 0. The summed E-state index contributed by atoms with van der Waals surface area (Å²) in [5.41, 5.74) is 0. The van der Waals surface area contributed by atoms with Gasteiger partial charge < -0.3 is 25.2 Å². The lowest BCUT2D eigenvalue weighted by Crippen LogP contribution is -2.57. The fourth-order valence-electron chi connectivity index (χ4n) is 2.21. The van der Waals surface area contributed by atoms with Gasteiger partial charge in [-0.1, -0.05) is 32.6 Å². The largest absolute Gasteiger partial charge is 0.394 e.